The standard InChI is InChI=1S/C33H37ClN6O2/c1-33(39-32(42)29-15-13-25(21-35-29)37-31(41)11-7-17-40(2)3)16-6-9-24(20-33)36-23-12-14-27(34)26(19-23)30-18-22-8-4-5-10-28(22)38-30/h4-5,7-8,10-15,18-19,21,24,36,38H,6,9,16-17,20H2,1-3H3,(H,37,41)(H,39,42)/b11-7+/t24-,33+/m1/s1. The summed E-state index contributed by atoms with van der Waals surface area (Å²) in [6.07, 6.45) is 8.42. The number of likely N-dealkylation sites (N-methyl/N-ethyl adjacent to an activating group) is 1. The molecule has 2 atom stereocenters. The lowest BCUT2D eigenvalue weighted by molar-refractivity contribution is -0.111. The fourth-order valence-electron chi connectivity index (χ4n) is 5.49. The summed E-state index contributed by atoms with van der Waals surface area (Å²) in [5, 5.41) is 11.5. The van der Waals surface area contributed by atoms with Crippen LogP contribution in [0.4, 0.5) is 11.4 Å². The molecular weight excluding hydrogens is 548 g/mol. The highest BCUT2D eigenvalue weighted by Crippen LogP contribution is 2.35. The van der Waals surface area contributed by atoms with Gasteiger partial charge in [0.2, 0.25) is 5.91 Å². The molecule has 0 spiro atoms. The second kappa shape index (κ2) is 12.8. The topological polar surface area (TPSA) is 102 Å². The SMILES string of the molecule is CN(C)C/C=C/C(=O)Nc1ccc(C(=O)N[C@@]2(C)CCC[C@@H](Nc3ccc(Cl)c(-c4cc5ccccc5[nH]4)c3)C2)nc1. The number of nitrogens with one attached hydrogen (secondary N) is 4. The van der Waals surface area contributed by atoms with E-state index in [9.17, 15) is 9.59 Å². The number of carbonyl (C=O) groups excluding carboxylic acids is 2. The van der Waals surface area contributed by atoms with Crippen molar-refractivity contribution >= 4 is 45.7 Å². The number of H-pyrrole nitrogens is 1. The van der Waals surface area contributed by atoms with E-state index in [1.165, 1.54) is 12.3 Å². The van der Waals surface area contributed by atoms with E-state index in [1.807, 2.05) is 43.3 Å². The maximum absolute atomic E-state index is 13.1. The number of amides is 2. The van der Waals surface area contributed by atoms with Gasteiger partial charge >= 0.3 is 0 Å². The van der Waals surface area contributed by atoms with Gasteiger partial charge in [-0.2, -0.15) is 0 Å². The summed E-state index contributed by atoms with van der Waals surface area (Å²) in [6.45, 7) is 2.76. The Hall–Kier alpha value is -4.14. The van der Waals surface area contributed by atoms with Crippen molar-refractivity contribution in [1.29, 1.82) is 0 Å². The van der Waals surface area contributed by atoms with E-state index in [0.29, 0.717) is 22.9 Å². The maximum Gasteiger partial charge on any atom is 0.270 e. The predicted octanol–water partition coefficient (Wildman–Crippen LogP) is 6.48. The number of halogens is 1. The summed E-state index contributed by atoms with van der Waals surface area (Å²) in [7, 11) is 3.86. The Morgan fingerprint density at radius 1 is 1.12 bits per heavy atom. The summed E-state index contributed by atoms with van der Waals surface area (Å²) in [5.74, 6) is -0.465. The molecule has 2 aromatic heterocycles. The van der Waals surface area contributed by atoms with Gasteiger partial charge in [-0.05, 0) is 89.2 Å². The van der Waals surface area contributed by atoms with E-state index in [4.69, 9.17) is 11.6 Å². The zero-order valence-electron chi connectivity index (χ0n) is 24.2. The maximum atomic E-state index is 13.1. The van der Waals surface area contributed by atoms with Gasteiger partial charge in [0.1, 0.15) is 5.69 Å². The minimum absolute atomic E-state index is 0.187. The summed E-state index contributed by atoms with van der Waals surface area (Å²) >= 11 is 6.60. The van der Waals surface area contributed by atoms with Gasteiger partial charge in [0.25, 0.3) is 5.91 Å². The number of para-hydroxylation sites is 1. The Kier molecular flexibility index (Phi) is 8.94. The monoisotopic (exact) mass is 584 g/mol. The molecule has 2 heterocycles. The molecule has 1 fully saturated rings. The zero-order valence-corrected chi connectivity index (χ0v) is 25.0. The summed E-state index contributed by atoms with van der Waals surface area (Å²) in [5.41, 5.74) is 4.45. The van der Waals surface area contributed by atoms with Gasteiger partial charge in [0.05, 0.1) is 16.9 Å². The van der Waals surface area contributed by atoms with Crippen molar-refractivity contribution < 1.29 is 9.59 Å². The number of carbonyl (C=O) groups is 2. The van der Waals surface area contributed by atoms with Crippen LogP contribution in [0, 0.1) is 0 Å². The van der Waals surface area contributed by atoms with E-state index in [1.54, 1.807) is 18.2 Å². The fourth-order valence-corrected chi connectivity index (χ4v) is 5.71. The Labute approximate surface area is 251 Å². The molecule has 0 radical (unpaired) electrons. The number of aromatic amines is 1. The van der Waals surface area contributed by atoms with Crippen LogP contribution in [-0.4, -0.2) is 58.9 Å². The van der Waals surface area contributed by atoms with Crippen molar-refractivity contribution in [2.24, 2.45) is 0 Å². The third-order valence-electron chi connectivity index (χ3n) is 7.55. The zero-order chi connectivity index (χ0) is 29.7. The van der Waals surface area contributed by atoms with Gasteiger partial charge < -0.3 is 25.8 Å². The Morgan fingerprint density at radius 2 is 1.93 bits per heavy atom. The number of hydrogen-bond donors (Lipinski definition) is 4. The Balaban J connectivity index is 1.20. The molecule has 4 aromatic rings. The summed E-state index contributed by atoms with van der Waals surface area (Å²) in [4.78, 5) is 34.9. The molecule has 0 saturated heterocycles. The first-order valence-electron chi connectivity index (χ1n) is 14.2. The van der Waals surface area contributed by atoms with Crippen molar-refractivity contribution in [3.63, 3.8) is 0 Å². The highest BCUT2D eigenvalue weighted by molar-refractivity contribution is 6.33. The number of hydrogen-bond acceptors (Lipinski definition) is 5. The lowest BCUT2D eigenvalue weighted by Crippen LogP contribution is -2.51. The molecule has 1 aliphatic carbocycles. The molecule has 8 nitrogen and oxygen atoms in total. The number of benzene rings is 2. The van der Waals surface area contributed by atoms with Crippen LogP contribution in [0.5, 0.6) is 0 Å². The van der Waals surface area contributed by atoms with Crippen LogP contribution in [0.2, 0.25) is 5.02 Å². The minimum atomic E-state index is -0.384. The van der Waals surface area contributed by atoms with Crippen LogP contribution < -0.4 is 16.0 Å². The van der Waals surface area contributed by atoms with Crippen LogP contribution in [-0.2, 0) is 4.79 Å². The molecule has 0 bridgehead atoms. The van der Waals surface area contributed by atoms with Gasteiger partial charge in [0, 0.05) is 52.0 Å². The Bertz CT molecular complexity index is 1560. The number of rotatable bonds is 9. The van der Waals surface area contributed by atoms with Crippen molar-refractivity contribution in [3.05, 3.63) is 89.7 Å². The third kappa shape index (κ3) is 7.38. The predicted molar refractivity (Wildman–Crippen MR) is 171 cm³/mol. The van der Waals surface area contributed by atoms with E-state index < -0.39 is 0 Å². The quantitative estimate of drug-likeness (QED) is 0.169. The number of anilines is 2. The third-order valence-corrected chi connectivity index (χ3v) is 7.88. The summed E-state index contributed by atoms with van der Waals surface area (Å²) < 4.78 is 0. The van der Waals surface area contributed by atoms with Gasteiger partial charge in [-0.1, -0.05) is 35.9 Å². The molecule has 2 aromatic carbocycles. The average Bonchev–Trinajstić information content (AvgIpc) is 3.38. The normalized spacial score (nSPS) is 18.8. The highest BCUT2D eigenvalue weighted by atomic mass is 35.5. The van der Waals surface area contributed by atoms with E-state index in [0.717, 1.165) is 53.5 Å². The smallest absolute Gasteiger partial charge is 0.270 e. The molecule has 9 heteroatoms. The molecule has 2 amide bonds. The van der Waals surface area contributed by atoms with Gasteiger partial charge in [-0.15, -0.1) is 0 Å². The molecule has 1 aliphatic rings. The van der Waals surface area contributed by atoms with Crippen LogP contribution >= 0.6 is 11.6 Å². The van der Waals surface area contributed by atoms with Crippen LogP contribution in [0.25, 0.3) is 22.2 Å². The molecule has 1 saturated carbocycles. The average molecular weight is 585 g/mol. The molecule has 0 aliphatic heterocycles. The van der Waals surface area contributed by atoms with Crippen LogP contribution in [0.1, 0.15) is 43.1 Å². The van der Waals surface area contributed by atoms with Crippen molar-refractivity contribution in [2.75, 3.05) is 31.3 Å². The van der Waals surface area contributed by atoms with E-state index >= 15 is 0 Å². The summed E-state index contributed by atoms with van der Waals surface area (Å²) in [6, 6.07) is 19.8. The number of fused-ring (bicyclic) bond motifs is 1. The second-order valence-corrected chi connectivity index (χ2v) is 11.9. The first-order valence-corrected chi connectivity index (χ1v) is 14.6. The van der Waals surface area contributed by atoms with E-state index in [-0.39, 0.29) is 23.4 Å². The second-order valence-electron chi connectivity index (χ2n) is 11.5. The van der Waals surface area contributed by atoms with E-state index in [2.05, 4.69) is 57.1 Å². The van der Waals surface area contributed by atoms with Crippen molar-refractivity contribution in [3.8, 4) is 11.3 Å². The fraction of sp³-hybridized carbons (Fsp3) is 0.303. The lowest BCUT2D eigenvalue weighted by atomic mass is 9.80. The van der Waals surface area contributed by atoms with Crippen LogP contribution in [0.15, 0.2) is 79.0 Å². The Morgan fingerprint density at radius 3 is 2.69 bits per heavy atom. The first-order chi connectivity index (χ1) is 20.2. The highest BCUT2D eigenvalue weighted by Gasteiger charge is 2.34. The molecule has 42 heavy (non-hydrogen) atoms. The molecule has 4 N–H and O–H groups in total. The largest absolute Gasteiger partial charge is 0.382 e. The van der Waals surface area contributed by atoms with Gasteiger partial charge in [-0.3, -0.25) is 9.59 Å². The minimum Gasteiger partial charge on any atom is -0.382 e. The first kappa shape index (κ1) is 29.4. The molecule has 5 rings (SSSR count). The number of aromatic nitrogens is 2. The van der Waals surface area contributed by atoms with Gasteiger partial charge in [-0.25, -0.2) is 4.98 Å². The molecule has 218 valence electrons. The van der Waals surface area contributed by atoms with Crippen LogP contribution in [0.3, 0.4) is 0 Å². The lowest BCUT2D eigenvalue weighted by Gasteiger charge is -2.39. The van der Waals surface area contributed by atoms with Crippen molar-refractivity contribution in [1.82, 2.24) is 20.2 Å². The van der Waals surface area contributed by atoms with Crippen molar-refractivity contribution in [2.45, 2.75) is 44.2 Å². The van der Waals surface area contributed by atoms with Gasteiger partial charge in [0.15, 0.2) is 0 Å². The molecular formula is C33H37ClN6O2. The number of nitrogens with zero attached hydrogens (tertiary/aromatic N) is 2. The number of pyridine rings is 1. The molecule has 0 unspecified atom stereocenters.